The quantitative estimate of drug-likeness (QED) is 0.0567. The Morgan fingerprint density at radius 1 is 0.569 bits per heavy atom. The van der Waals surface area contributed by atoms with Crippen molar-refractivity contribution in [2.45, 2.75) is 52.6 Å². The van der Waals surface area contributed by atoms with Crippen LogP contribution in [-0.2, 0) is 0 Å². The minimum absolute atomic E-state index is 0.0430. The molecule has 0 aliphatic rings. The molecule has 2 aromatic heterocycles. The number of anilines is 6. The van der Waals surface area contributed by atoms with E-state index in [0.717, 1.165) is 11.5 Å². The molecule has 2 heterocycles. The molecule has 16 nitrogen and oxygen atoms in total. The van der Waals surface area contributed by atoms with Gasteiger partial charge in [0.2, 0.25) is 0 Å². The molecule has 0 unspecified atom stereocenters. The van der Waals surface area contributed by atoms with Gasteiger partial charge in [-0.05, 0) is 75.2 Å². The number of carbonyl (C=O) groups excluding carboxylic acids is 2. The molecule has 4 aromatic carbocycles. The number of nitrogens with one attached hydrogen (secondary N) is 4. The summed E-state index contributed by atoms with van der Waals surface area (Å²) in [5.74, 6) is 1.46. The molecule has 0 saturated carbocycles. The van der Waals surface area contributed by atoms with E-state index < -0.39 is 21.7 Å². The lowest BCUT2D eigenvalue weighted by Gasteiger charge is -2.21. The zero-order valence-electron chi connectivity index (χ0n) is 33.4. The third-order valence-electron chi connectivity index (χ3n) is 9.35. The van der Waals surface area contributed by atoms with Gasteiger partial charge in [-0.2, -0.15) is 0 Å². The van der Waals surface area contributed by atoms with Gasteiger partial charge in [0.25, 0.3) is 33.5 Å². The van der Waals surface area contributed by atoms with E-state index in [-0.39, 0.29) is 80.6 Å². The highest BCUT2D eigenvalue weighted by Crippen LogP contribution is 2.35. The number of hydrogen-bond donors (Lipinski definition) is 6. The van der Waals surface area contributed by atoms with Crippen LogP contribution in [0.15, 0.2) is 88.7 Å². The maximum absolute atomic E-state index is 12.2. The monoisotopic (exact) mass is 794 g/mol. The number of amides is 2. The molecule has 16 heteroatoms. The summed E-state index contributed by atoms with van der Waals surface area (Å²) in [6.07, 6.45) is 1.26. The number of phenolic OH excluding ortho intramolecular Hbond substituents is 2. The highest BCUT2D eigenvalue weighted by atomic mass is 16.3. The van der Waals surface area contributed by atoms with Crippen LogP contribution in [0, 0.1) is 13.8 Å². The smallest absolute Gasteiger partial charge is 0.257 e. The summed E-state index contributed by atoms with van der Waals surface area (Å²) < 4.78 is 11.2. The normalized spacial score (nSPS) is 12.0. The number of rotatable bonds is 14. The van der Waals surface area contributed by atoms with Crippen molar-refractivity contribution < 1.29 is 28.6 Å². The van der Waals surface area contributed by atoms with E-state index in [2.05, 4.69) is 21.3 Å². The van der Waals surface area contributed by atoms with E-state index in [1.165, 1.54) is 34.1 Å². The summed E-state index contributed by atoms with van der Waals surface area (Å²) in [5, 5.41) is 32.6. The number of benzene rings is 2. The number of hydrogen-bond acceptors (Lipinski definition) is 14. The van der Waals surface area contributed by atoms with Crippen molar-refractivity contribution >= 4 is 45.9 Å². The van der Waals surface area contributed by atoms with Crippen LogP contribution in [0.1, 0.15) is 82.5 Å². The van der Waals surface area contributed by atoms with Gasteiger partial charge in [-0.1, -0.05) is 26.0 Å². The van der Waals surface area contributed by atoms with Gasteiger partial charge in [0, 0.05) is 28.2 Å². The molecule has 6 aromatic rings. The first kappa shape index (κ1) is 42.1. The molecule has 304 valence electrons. The van der Waals surface area contributed by atoms with Crippen molar-refractivity contribution in [2.24, 2.45) is 0 Å². The van der Waals surface area contributed by atoms with E-state index in [1.54, 1.807) is 40.3 Å². The van der Waals surface area contributed by atoms with Crippen molar-refractivity contribution in [1.82, 2.24) is 9.80 Å². The second-order valence-electron chi connectivity index (χ2n) is 14.0. The molecule has 0 fully saturated rings. The SMILES string of the molecule is CC[C@@H](Nc1c(Nc2cccc(C(=O)N(C)C)c2O)c(=O)c1=O)c1ccc(C)o1.CC[C@@H](Nc1c(Nc2cccc(C(=O)N(C)C)c2O)c(=O)c1=O)c1ccc(C)o1. The largest absolute Gasteiger partial charge is 0.505 e. The van der Waals surface area contributed by atoms with Gasteiger partial charge >= 0.3 is 0 Å². The lowest BCUT2D eigenvalue weighted by Crippen LogP contribution is -2.37. The lowest BCUT2D eigenvalue weighted by atomic mass is 10.1. The molecule has 0 spiro atoms. The van der Waals surface area contributed by atoms with Crippen molar-refractivity contribution in [3.63, 3.8) is 0 Å². The fraction of sp³-hybridized carbons (Fsp3) is 0.286. The van der Waals surface area contributed by atoms with Gasteiger partial charge in [0.15, 0.2) is 11.5 Å². The average molecular weight is 795 g/mol. The predicted octanol–water partition coefficient (Wildman–Crippen LogP) is 5.80. The summed E-state index contributed by atoms with van der Waals surface area (Å²) in [6.45, 7) is 7.50. The Balaban J connectivity index is 0.000000221. The first-order valence-corrected chi connectivity index (χ1v) is 18.4. The van der Waals surface area contributed by atoms with Crippen LogP contribution in [0.5, 0.6) is 11.5 Å². The summed E-state index contributed by atoms with van der Waals surface area (Å²) in [4.78, 5) is 75.6. The average Bonchev–Trinajstić information content (AvgIpc) is 3.85. The molecule has 2 amide bonds. The maximum atomic E-state index is 12.2. The molecule has 6 N–H and O–H groups in total. The molecule has 58 heavy (non-hydrogen) atoms. The molecule has 0 aliphatic heterocycles. The first-order valence-electron chi connectivity index (χ1n) is 18.4. The standard InChI is InChI=1S/2C21H23N3O5/c2*1-5-13(15-10-9-11(2)29-15)22-16-17(20(27)19(16)26)23-14-8-6-7-12(18(14)25)21(28)24(3)4/h2*6-10,13,22-23,25H,5H2,1-4H3/t2*13-/m11/s1. The molecule has 6 rings (SSSR count). The zero-order chi connectivity index (χ0) is 42.6. The third-order valence-corrected chi connectivity index (χ3v) is 9.35. The van der Waals surface area contributed by atoms with Crippen molar-refractivity contribution in [2.75, 3.05) is 49.5 Å². The summed E-state index contributed by atoms with van der Waals surface area (Å²) in [6, 6.07) is 15.9. The van der Waals surface area contributed by atoms with E-state index in [1.807, 2.05) is 52.0 Å². The molecular formula is C42H46N6O10. The zero-order valence-corrected chi connectivity index (χ0v) is 33.4. The van der Waals surface area contributed by atoms with Gasteiger partial charge < -0.3 is 50.1 Å². The molecule has 0 bridgehead atoms. The van der Waals surface area contributed by atoms with Gasteiger partial charge in [0.05, 0.1) is 34.6 Å². The van der Waals surface area contributed by atoms with Crippen LogP contribution in [0.4, 0.5) is 34.1 Å². The molecular weight excluding hydrogens is 748 g/mol. The highest BCUT2D eigenvalue weighted by Gasteiger charge is 2.28. The number of carbonyl (C=O) groups is 2. The van der Waals surface area contributed by atoms with Crippen LogP contribution in [0.25, 0.3) is 0 Å². The van der Waals surface area contributed by atoms with E-state index in [9.17, 15) is 39.0 Å². The summed E-state index contributed by atoms with van der Waals surface area (Å²) in [7, 11) is 6.28. The van der Waals surface area contributed by atoms with Gasteiger partial charge in [-0.3, -0.25) is 28.8 Å². The molecule has 0 radical (unpaired) electrons. The van der Waals surface area contributed by atoms with Crippen molar-refractivity contribution in [1.29, 1.82) is 0 Å². The van der Waals surface area contributed by atoms with Crippen LogP contribution >= 0.6 is 0 Å². The minimum atomic E-state index is -0.693. The first-order chi connectivity index (χ1) is 27.5. The Bertz CT molecular complexity index is 2420. The van der Waals surface area contributed by atoms with Crippen LogP contribution in [0.3, 0.4) is 0 Å². The Morgan fingerprint density at radius 2 is 0.914 bits per heavy atom. The Labute approximate surface area is 333 Å². The van der Waals surface area contributed by atoms with E-state index in [0.29, 0.717) is 24.4 Å². The Kier molecular flexibility index (Phi) is 12.6. The second kappa shape index (κ2) is 17.4. The molecule has 0 aliphatic carbocycles. The minimum Gasteiger partial charge on any atom is -0.505 e. The number of aromatic hydroxyl groups is 2. The summed E-state index contributed by atoms with van der Waals surface area (Å²) in [5.41, 5.74) is -1.84. The highest BCUT2D eigenvalue weighted by molar-refractivity contribution is 6.00. The second-order valence-corrected chi connectivity index (χ2v) is 14.0. The predicted molar refractivity (Wildman–Crippen MR) is 222 cm³/mol. The van der Waals surface area contributed by atoms with Gasteiger partial charge in [0.1, 0.15) is 45.8 Å². The van der Waals surface area contributed by atoms with Crippen molar-refractivity contribution in [3.05, 3.63) is 136 Å². The number of nitrogens with zero attached hydrogens (tertiary/aromatic N) is 2. The fourth-order valence-corrected chi connectivity index (χ4v) is 6.06. The van der Waals surface area contributed by atoms with Crippen LogP contribution in [0.2, 0.25) is 0 Å². The topological polar surface area (TPSA) is 224 Å². The number of phenols is 2. The molecule has 2 atom stereocenters. The van der Waals surface area contributed by atoms with Gasteiger partial charge in [-0.25, -0.2) is 0 Å². The van der Waals surface area contributed by atoms with E-state index in [4.69, 9.17) is 8.83 Å². The lowest BCUT2D eigenvalue weighted by molar-refractivity contribution is 0.0817. The number of furan rings is 2. The molecule has 0 saturated heterocycles. The number of para-hydroxylation sites is 2. The number of aryl methyl sites for hydroxylation is 2. The Morgan fingerprint density at radius 3 is 1.21 bits per heavy atom. The Hall–Kier alpha value is -7.10. The van der Waals surface area contributed by atoms with Crippen molar-refractivity contribution in [3.8, 4) is 11.5 Å². The van der Waals surface area contributed by atoms with Crippen LogP contribution in [-0.4, -0.2) is 60.0 Å². The van der Waals surface area contributed by atoms with Gasteiger partial charge in [-0.15, -0.1) is 0 Å². The maximum Gasteiger partial charge on any atom is 0.257 e. The van der Waals surface area contributed by atoms with Crippen LogP contribution < -0.4 is 43.0 Å². The summed E-state index contributed by atoms with van der Waals surface area (Å²) >= 11 is 0. The third kappa shape index (κ3) is 8.50. The van der Waals surface area contributed by atoms with E-state index >= 15 is 0 Å². The fourth-order valence-electron chi connectivity index (χ4n) is 6.06.